The lowest BCUT2D eigenvalue weighted by molar-refractivity contribution is 0.348. The molecule has 1 aliphatic heterocycles. The van der Waals surface area contributed by atoms with E-state index in [1.807, 2.05) is 13.0 Å². The van der Waals surface area contributed by atoms with E-state index < -0.39 is 10.0 Å². The Morgan fingerprint density at radius 2 is 2.20 bits per heavy atom. The van der Waals surface area contributed by atoms with E-state index in [4.69, 9.17) is 5.26 Å². The van der Waals surface area contributed by atoms with Crippen LogP contribution in [0.3, 0.4) is 0 Å². The number of nitriles is 1. The van der Waals surface area contributed by atoms with Crippen LogP contribution in [0.1, 0.15) is 30.9 Å². The van der Waals surface area contributed by atoms with Gasteiger partial charge in [-0.3, -0.25) is 0 Å². The first-order valence-electron chi connectivity index (χ1n) is 6.70. The molecule has 0 amide bonds. The van der Waals surface area contributed by atoms with Crippen LogP contribution in [0.25, 0.3) is 0 Å². The highest BCUT2D eigenvalue weighted by atomic mass is 32.2. The molecule has 5 nitrogen and oxygen atoms in total. The number of hydrogen-bond acceptors (Lipinski definition) is 4. The van der Waals surface area contributed by atoms with Gasteiger partial charge in [-0.25, -0.2) is 13.1 Å². The van der Waals surface area contributed by atoms with Crippen LogP contribution in [0.15, 0.2) is 23.1 Å². The van der Waals surface area contributed by atoms with Crippen molar-refractivity contribution in [1.29, 1.82) is 5.26 Å². The van der Waals surface area contributed by atoms with Gasteiger partial charge in [0.25, 0.3) is 0 Å². The minimum Gasteiger partial charge on any atom is -0.313 e. The average Bonchev–Trinajstić information content (AvgIpc) is 2.41. The molecule has 1 saturated heterocycles. The van der Waals surface area contributed by atoms with Crippen LogP contribution >= 0.6 is 0 Å². The van der Waals surface area contributed by atoms with E-state index in [-0.39, 0.29) is 17.0 Å². The largest absolute Gasteiger partial charge is 0.313 e. The third kappa shape index (κ3) is 3.18. The van der Waals surface area contributed by atoms with Crippen LogP contribution in [-0.2, 0) is 10.0 Å². The van der Waals surface area contributed by atoms with E-state index in [0.717, 1.165) is 19.4 Å². The van der Waals surface area contributed by atoms with E-state index in [9.17, 15) is 8.42 Å². The first-order valence-corrected chi connectivity index (χ1v) is 8.19. The smallest absolute Gasteiger partial charge is 0.241 e. The summed E-state index contributed by atoms with van der Waals surface area (Å²) in [6.45, 7) is 4.63. The number of hydrogen-bond donors (Lipinski definition) is 2. The highest BCUT2D eigenvalue weighted by molar-refractivity contribution is 7.89. The van der Waals surface area contributed by atoms with Crippen molar-refractivity contribution in [3.05, 3.63) is 29.3 Å². The minimum absolute atomic E-state index is 0.109. The highest BCUT2D eigenvalue weighted by Gasteiger charge is 2.27. The molecule has 1 fully saturated rings. The van der Waals surface area contributed by atoms with Crippen molar-refractivity contribution in [2.45, 2.75) is 43.7 Å². The molecule has 2 atom stereocenters. The van der Waals surface area contributed by atoms with Gasteiger partial charge in [-0.15, -0.1) is 0 Å². The first kappa shape index (κ1) is 15.0. The van der Waals surface area contributed by atoms with Crippen molar-refractivity contribution in [2.24, 2.45) is 0 Å². The molecule has 1 aromatic carbocycles. The lowest BCUT2D eigenvalue weighted by Gasteiger charge is -2.30. The van der Waals surface area contributed by atoms with Gasteiger partial charge in [0.15, 0.2) is 0 Å². The zero-order valence-corrected chi connectivity index (χ0v) is 12.5. The average molecular weight is 293 g/mol. The van der Waals surface area contributed by atoms with Gasteiger partial charge in [0.2, 0.25) is 10.0 Å². The van der Waals surface area contributed by atoms with Crippen molar-refractivity contribution >= 4 is 10.0 Å². The van der Waals surface area contributed by atoms with Gasteiger partial charge in [-0.05, 0) is 50.9 Å². The molecule has 0 radical (unpaired) electrons. The van der Waals surface area contributed by atoms with E-state index >= 15 is 0 Å². The van der Waals surface area contributed by atoms with Gasteiger partial charge in [0, 0.05) is 12.1 Å². The summed E-state index contributed by atoms with van der Waals surface area (Å²) in [4.78, 5) is 0.189. The summed E-state index contributed by atoms with van der Waals surface area (Å²) < 4.78 is 27.7. The van der Waals surface area contributed by atoms with Crippen molar-refractivity contribution in [2.75, 3.05) is 6.54 Å². The standard InChI is InChI=1S/C14H19N3O2S/c1-10-5-6-12(9-15)8-14(10)20(18,19)17-13-4-3-7-16-11(13)2/h5-6,8,11,13,16-17H,3-4,7H2,1-2H3. The Hall–Kier alpha value is -1.42. The van der Waals surface area contributed by atoms with E-state index in [2.05, 4.69) is 10.0 Å². The van der Waals surface area contributed by atoms with E-state index in [0.29, 0.717) is 11.1 Å². The second-order valence-electron chi connectivity index (χ2n) is 5.20. The van der Waals surface area contributed by atoms with Crippen LogP contribution in [0, 0.1) is 18.3 Å². The molecular formula is C14H19N3O2S. The number of aryl methyl sites for hydroxylation is 1. The van der Waals surface area contributed by atoms with Crippen LogP contribution in [-0.4, -0.2) is 27.0 Å². The summed E-state index contributed by atoms with van der Waals surface area (Å²) in [7, 11) is -3.60. The lowest BCUT2D eigenvalue weighted by atomic mass is 10.0. The molecule has 1 heterocycles. The molecule has 2 N–H and O–H groups in total. The fourth-order valence-electron chi connectivity index (χ4n) is 2.43. The van der Waals surface area contributed by atoms with Crippen molar-refractivity contribution < 1.29 is 8.42 Å². The molecule has 1 aromatic rings. The molecular weight excluding hydrogens is 274 g/mol. The fourth-order valence-corrected chi connectivity index (χ4v) is 4.05. The van der Waals surface area contributed by atoms with Gasteiger partial charge in [-0.1, -0.05) is 6.07 Å². The fraction of sp³-hybridized carbons (Fsp3) is 0.500. The zero-order chi connectivity index (χ0) is 14.8. The number of nitrogens with zero attached hydrogens (tertiary/aromatic N) is 1. The van der Waals surface area contributed by atoms with Crippen molar-refractivity contribution in [3.8, 4) is 6.07 Å². The topological polar surface area (TPSA) is 82.0 Å². The summed E-state index contributed by atoms with van der Waals surface area (Å²) >= 11 is 0. The zero-order valence-electron chi connectivity index (χ0n) is 11.7. The molecule has 6 heteroatoms. The van der Waals surface area contributed by atoms with Gasteiger partial charge < -0.3 is 5.32 Å². The minimum atomic E-state index is -3.60. The van der Waals surface area contributed by atoms with Crippen LogP contribution in [0.4, 0.5) is 0 Å². The van der Waals surface area contributed by atoms with E-state index in [1.54, 1.807) is 19.1 Å². The van der Waals surface area contributed by atoms with E-state index in [1.165, 1.54) is 6.07 Å². The molecule has 0 aromatic heterocycles. The number of rotatable bonds is 3. The summed E-state index contributed by atoms with van der Waals surface area (Å²) in [5.74, 6) is 0. The molecule has 2 unspecified atom stereocenters. The number of piperidine rings is 1. The highest BCUT2D eigenvalue weighted by Crippen LogP contribution is 2.19. The first-order chi connectivity index (χ1) is 9.44. The predicted molar refractivity (Wildman–Crippen MR) is 76.7 cm³/mol. The Balaban J connectivity index is 2.28. The van der Waals surface area contributed by atoms with Crippen LogP contribution in [0.5, 0.6) is 0 Å². The Bertz CT molecular complexity index is 634. The van der Waals surface area contributed by atoms with Crippen LogP contribution in [0.2, 0.25) is 0 Å². The molecule has 108 valence electrons. The number of nitrogens with one attached hydrogen (secondary N) is 2. The Kier molecular flexibility index (Phi) is 4.43. The number of benzene rings is 1. The molecule has 0 aliphatic carbocycles. The second-order valence-corrected chi connectivity index (χ2v) is 6.89. The Morgan fingerprint density at radius 1 is 1.45 bits per heavy atom. The summed E-state index contributed by atoms with van der Waals surface area (Å²) in [6, 6.07) is 6.69. The quantitative estimate of drug-likeness (QED) is 0.879. The second kappa shape index (κ2) is 5.92. The van der Waals surface area contributed by atoms with Gasteiger partial charge in [0.1, 0.15) is 0 Å². The van der Waals surface area contributed by atoms with Crippen molar-refractivity contribution in [3.63, 3.8) is 0 Å². The third-order valence-corrected chi connectivity index (χ3v) is 5.31. The molecule has 0 saturated carbocycles. The normalized spacial score (nSPS) is 23.2. The number of sulfonamides is 1. The summed E-state index contributed by atoms with van der Waals surface area (Å²) in [5.41, 5.74) is 0.999. The predicted octanol–water partition coefficient (Wildman–Crippen LogP) is 1.29. The molecule has 0 bridgehead atoms. The monoisotopic (exact) mass is 293 g/mol. The molecule has 2 rings (SSSR count). The molecule has 0 spiro atoms. The van der Waals surface area contributed by atoms with Gasteiger partial charge in [-0.2, -0.15) is 5.26 Å². The maximum atomic E-state index is 12.5. The van der Waals surface area contributed by atoms with Gasteiger partial charge >= 0.3 is 0 Å². The SMILES string of the molecule is Cc1ccc(C#N)cc1S(=O)(=O)NC1CCCNC1C. The van der Waals surface area contributed by atoms with Crippen molar-refractivity contribution in [1.82, 2.24) is 10.0 Å². The summed E-state index contributed by atoms with van der Waals surface area (Å²) in [5, 5.41) is 12.2. The Morgan fingerprint density at radius 3 is 2.85 bits per heavy atom. The lowest BCUT2D eigenvalue weighted by Crippen LogP contribution is -2.51. The molecule has 1 aliphatic rings. The molecule has 20 heavy (non-hydrogen) atoms. The third-order valence-electron chi connectivity index (χ3n) is 3.68. The Labute approximate surface area is 120 Å². The van der Waals surface area contributed by atoms with Crippen LogP contribution < -0.4 is 10.0 Å². The maximum Gasteiger partial charge on any atom is 0.241 e. The van der Waals surface area contributed by atoms with Gasteiger partial charge in [0.05, 0.1) is 16.5 Å². The summed E-state index contributed by atoms with van der Waals surface area (Å²) in [6.07, 6.45) is 1.78. The maximum absolute atomic E-state index is 12.5.